The maximum atomic E-state index is 12.8. The summed E-state index contributed by atoms with van der Waals surface area (Å²) in [7, 11) is 0. The minimum Gasteiger partial charge on any atom is -0.459 e. The van der Waals surface area contributed by atoms with Crippen LogP contribution in [0.4, 0.5) is 0 Å². The Bertz CT molecular complexity index is 682. The van der Waals surface area contributed by atoms with Crippen molar-refractivity contribution in [3.63, 3.8) is 0 Å². The molecule has 4 rings (SSSR count). The molecule has 0 aromatic heterocycles. The fraction of sp³-hybridized carbons (Fsp3) is 0.526. The molecule has 1 aromatic carbocycles. The van der Waals surface area contributed by atoms with E-state index in [-0.39, 0.29) is 5.97 Å². The molecule has 1 fully saturated rings. The number of para-hydroxylation sites is 1. The molecule has 0 amide bonds. The lowest BCUT2D eigenvalue weighted by molar-refractivity contribution is -0.168. The van der Waals surface area contributed by atoms with E-state index >= 15 is 0 Å². The van der Waals surface area contributed by atoms with Crippen LogP contribution >= 0.6 is 11.6 Å². The molecule has 3 aliphatic carbocycles. The summed E-state index contributed by atoms with van der Waals surface area (Å²) in [6.45, 7) is 5.64. The lowest BCUT2D eigenvalue weighted by atomic mass is 9.61. The summed E-state index contributed by atoms with van der Waals surface area (Å²) in [6, 6.07) is 7.27. The minimum absolute atomic E-state index is 0.197. The van der Waals surface area contributed by atoms with Crippen molar-refractivity contribution in [1.82, 2.24) is 0 Å². The Morgan fingerprint density at radius 3 is 2.38 bits per heavy atom. The van der Waals surface area contributed by atoms with E-state index in [1.54, 1.807) is 12.1 Å². The summed E-state index contributed by atoms with van der Waals surface area (Å²) in [5.74, 6) is 0.984. The number of halogens is 1. The molecule has 0 spiro atoms. The molecular formula is C19H24ClNO3. The zero-order valence-electron chi connectivity index (χ0n) is 14.4. The predicted molar refractivity (Wildman–Crippen MR) is 93.8 cm³/mol. The van der Waals surface area contributed by atoms with E-state index in [0.29, 0.717) is 42.2 Å². The summed E-state index contributed by atoms with van der Waals surface area (Å²) in [4.78, 5) is 12.8. The van der Waals surface area contributed by atoms with Crippen LogP contribution in [0.1, 0.15) is 46.5 Å². The maximum Gasteiger partial charge on any atom is 0.316 e. The number of carbonyl (C=O) groups is 1. The summed E-state index contributed by atoms with van der Waals surface area (Å²) < 4.78 is 11.7. The van der Waals surface area contributed by atoms with E-state index in [2.05, 4.69) is 0 Å². The maximum absolute atomic E-state index is 12.8. The third-order valence-electron chi connectivity index (χ3n) is 4.79. The first-order valence-corrected chi connectivity index (χ1v) is 8.70. The minimum atomic E-state index is -0.648. The van der Waals surface area contributed by atoms with E-state index in [1.165, 1.54) is 0 Å². The van der Waals surface area contributed by atoms with Gasteiger partial charge in [0.2, 0.25) is 0 Å². The Hall–Kier alpha value is -1.52. The molecule has 1 aromatic rings. The molecule has 1 saturated carbocycles. The molecule has 0 saturated heterocycles. The van der Waals surface area contributed by atoms with Crippen LogP contribution in [-0.4, -0.2) is 17.1 Å². The van der Waals surface area contributed by atoms with E-state index in [4.69, 9.17) is 26.8 Å². The average molecular weight is 350 g/mol. The van der Waals surface area contributed by atoms with Crippen molar-refractivity contribution in [3.05, 3.63) is 41.1 Å². The number of hydrogen-bond acceptors (Lipinski definition) is 4. The fourth-order valence-electron chi connectivity index (χ4n) is 3.35. The third-order valence-corrected chi connectivity index (χ3v) is 5.11. The van der Waals surface area contributed by atoms with Crippen LogP contribution < -0.4 is 10.5 Å². The molecule has 24 heavy (non-hydrogen) atoms. The van der Waals surface area contributed by atoms with Gasteiger partial charge in [-0.3, -0.25) is 4.79 Å². The molecule has 0 unspecified atom stereocenters. The number of benzene rings is 1. The van der Waals surface area contributed by atoms with Crippen molar-refractivity contribution in [1.29, 1.82) is 0 Å². The molecule has 0 radical (unpaired) electrons. The highest BCUT2D eigenvalue weighted by Gasteiger charge is 2.53. The highest BCUT2D eigenvalue weighted by Crippen LogP contribution is 2.51. The van der Waals surface area contributed by atoms with Crippen molar-refractivity contribution in [2.24, 2.45) is 11.1 Å². The number of fused-ring (bicyclic) bond motifs is 2. The van der Waals surface area contributed by atoms with Crippen molar-refractivity contribution in [3.8, 4) is 5.75 Å². The van der Waals surface area contributed by atoms with E-state index in [0.717, 1.165) is 0 Å². The van der Waals surface area contributed by atoms with Gasteiger partial charge in [0.25, 0.3) is 0 Å². The molecule has 0 heterocycles. The van der Waals surface area contributed by atoms with E-state index < -0.39 is 16.6 Å². The van der Waals surface area contributed by atoms with Crippen LogP contribution in [0.15, 0.2) is 36.1 Å². The Balaban J connectivity index is 1.92. The Labute approximate surface area is 148 Å². The zero-order valence-corrected chi connectivity index (χ0v) is 15.2. The lowest BCUT2D eigenvalue weighted by Gasteiger charge is -2.48. The number of rotatable bonds is 3. The van der Waals surface area contributed by atoms with E-state index in [1.807, 2.05) is 39.0 Å². The van der Waals surface area contributed by atoms with Crippen LogP contribution in [-0.2, 0) is 9.53 Å². The summed E-state index contributed by atoms with van der Waals surface area (Å²) in [5.41, 5.74) is 4.83. The Morgan fingerprint density at radius 2 is 1.79 bits per heavy atom. The topological polar surface area (TPSA) is 61.5 Å². The van der Waals surface area contributed by atoms with Gasteiger partial charge in [0.05, 0.1) is 16.0 Å². The van der Waals surface area contributed by atoms with Gasteiger partial charge >= 0.3 is 5.97 Å². The second kappa shape index (κ2) is 5.78. The van der Waals surface area contributed by atoms with Crippen molar-refractivity contribution >= 4 is 17.6 Å². The average Bonchev–Trinajstić information content (AvgIpc) is 2.49. The van der Waals surface area contributed by atoms with E-state index in [9.17, 15) is 4.79 Å². The number of nitrogens with two attached hydrogens (primary N) is 1. The standard InChI is InChI=1S/C19H24ClNO3/c1-17(2,3)24-16(22)18-8-10-19(21,11-9-18)15(12-18)23-14-7-5-4-6-13(14)20/h4-7,12H,8-11,21H2,1-3H3. The number of hydrogen-bond donors (Lipinski definition) is 1. The second-order valence-electron chi connectivity index (χ2n) is 7.86. The first-order valence-electron chi connectivity index (χ1n) is 8.32. The van der Waals surface area contributed by atoms with Gasteiger partial charge in [0, 0.05) is 0 Å². The van der Waals surface area contributed by atoms with Gasteiger partial charge in [-0.1, -0.05) is 23.7 Å². The van der Waals surface area contributed by atoms with Crippen molar-refractivity contribution < 1.29 is 14.3 Å². The third kappa shape index (κ3) is 3.17. The second-order valence-corrected chi connectivity index (χ2v) is 8.26. The van der Waals surface area contributed by atoms with Gasteiger partial charge in [-0.2, -0.15) is 0 Å². The largest absolute Gasteiger partial charge is 0.459 e. The molecule has 0 aliphatic heterocycles. The Kier molecular flexibility index (Phi) is 4.17. The number of carbonyl (C=O) groups excluding carboxylic acids is 1. The van der Waals surface area contributed by atoms with Gasteiger partial charge in [-0.15, -0.1) is 0 Å². The molecule has 0 atom stereocenters. The highest BCUT2D eigenvalue weighted by atomic mass is 35.5. The van der Waals surface area contributed by atoms with Gasteiger partial charge in [-0.25, -0.2) is 0 Å². The molecule has 4 nitrogen and oxygen atoms in total. The Morgan fingerprint density at radius 1 is 1.17 bits per heavy atom. The van der Waals surface area contributed by atoms with Crippen LogP contribution in [0.5, 0.6) is 5.75 Å². The first-order chi connectivity index (χ1) is 11.1. The molecule has 5 heteroatoms. The normalized spacial score (nSPS) is 29.1. The highest BCUT2D eigenvalue weighted by molar-refractivity contribution is 6.32. The van der Waals surface area contributed by atoms with Gasteiger partial charge in [0.15, 0.2) is 0 Å². The van der Waals surface area contributed by atoms with Crippen molar-refractivity contribution in [2.45, 2.75) is 57.6 Å². The van der Waals surface area contributed by atoms with Crippen molar-refractivity contribution in [2.75, 3.05) is 0 Å². The van der Waals surface area contributed by atoms with Gasteiger partial charge in [-0.05, 0) is 64.7 Å². The van der Waals surface area contributed by atoms with Crippen LogP contribution in [0.2, 0.25) is 5.02 Å². The predicted octanol–water partition coefficient (Wildman–Crippen LogP) is 4.22. The summed E-state index contributed by atoms with van der Waals surface area (Å²) in [5, 5.41) is 0.523. The summed E-state index contributed by atoms with van der Waals surface area (Å²) >= 11 is 6.19. The number of ether oxygens (including phenoxy) is 2. The zero-order chi connectivity index (χ0) is 17.6. The molecule has 2 N–H and O–H groups in total. The monoisotopic (exact) mass is 349 g/mol. The molecule has 2 bridgehead atoms. The lowest BCUT2D eigenvalue weighted by Crippen LogP contribution is -2.55. The van der Waals surface area contributed by atoms with Crippen LogP contribution in [0.3, 0.4) is 0 Å². The molecule has 3 aliphatic rings. The van der Waals surface area contributed by atoms with Gasteiger partial charge in [0.1, 0.15) is 17.1 Å². The SMILES string of the molecule is CC(C)(C)OC(=O)C12C=C(Oc3ccccc3Cl)C(N)(CC1)CC2. The fourth-order valence-corrected chi connectivity index (χ4v) is 3.52. The van der Waals surface area contributed by atoms with Crippen LogP contribution in [0.25, 0.3) is 0 Å². The molecule has 130 valence electrons. The van der Waals surface area contributed by atoms with Crippen LogP contribution in [0, 0.1) is 5.41 Å². The van der Waals surface area contributed by atoms with Gasteiger partial charge < -0.3 is 15.2 Å². The first kappa shape index (κ1) is 17.3. The summed E-state index contributed by atoms with van der Waals surface area (Å²) in [6.07, 6.45) is 4.64. The molecular weight excluding hydrogens is 326 g/mol. The quantitative estimate of drug-likeness (QED) is 0.830. The number of esters is 1. The smallest absolute Gasteiger partial charge is 0.316 e.